The molecule has 3 fully saturated rings. The Hall–Kier alpha value is -4.17. The second kappa shape index (κ2) is 14.0. The van der Waals surface area contributed by atoms with E-state index in [1.807, 2.05) is 0 Å². The fourth-order valence-electron chi connectivity index (χ4n) is 5.88. The number of hydrogen-bond acceptors (Lipinski definition) is 20. The van der Waals surface area contributed by atoms with E-state index in [1.54, 1.807) is 0 Å². The summed E-state index contributed by atoms with van der Waals surface area (Å²) in [5.74, 6) is -0.280. The number of nitrogen functional groups attached to an aromatic ring is 2. The van der Waals surface area contributed by atoms with Gasteiger partial charge in [0, 0.05) is 6.54 Å². The first-order valence-corrected chi connectivity index (χ1v) is 18.3. The van der Waals surface area contributed by atoms with Gasteiger partial charge in [-0.05, 0) is 13.0 Å². The Morgan fingerprint density at radius 1 is 0.962 bits per heavy atom. The van der Waals surface area contributed by atoms with Gasteiger partial charge in [-0.2, -0.15) is 4.98 Å². The average Bonchev–Trinajstić information content (AvgIpc) is 3.84. The van der Waals surface area contributed by atoms with E-state index in [1.165, 1.54) is 10.9 Å². The van der Waals surface area contributed by atoms with Crippen LogP contribution in [0.4, 0.5) is 16.6 Å². The third kappa shape index (κ3) is 6.99. The van der Waals surface area contributed by atoms with Crippen LogP contribution in [0.1, 0.15) is 18.9 Å². The number of nitrogens with zero attached hydrogens (tertiary/aromatic N) is 7. The zero-order valence-electron chi connectivity index (χ0n) is 26.5. The largest absolute Gasteiger partial charge is 0.472 e. The zero-order valence-corrected chi connectivity index (χ0v) is 28.3. The van der Waals surface area contributed by atoms with Crippen LogP contribution in [0.2, 0.25) is 0 Å². The molecule has 2 unspecified atom stereocenters. The first-order chi connectivity index (χ1) is 24.7. The number of ether oxygens (including phenoxy) is 3. The number of rotatable bonds is 6. The predicted molar refractivity (Wildman–Crippen MR) is 169 cm³/mol. The molecule has 0 saturated carbocycles. The van der Waals surface area contributed by atoms with Crippen molar-refractivity contribution in [1.29, 1.82) is 0 Å². The molecule has 28 heteroatoms. The molecule has 0 aromatic carbocycles. The number of carbonyl (C=O) groups excluding carboxylic acids is 1. The van der Waals surface area contributed by atoms with Gasteiger partial charge >= 0.3 is 21.7 Å². The monoisotopic (exact) mass is 774 g/mol. The Balaban J connectivity index is 1.20. The maximum atomic E-state index is 13.5. The van der Waals surface area contributed by atoms with Gasteiger partial charge in [-0.3, -0.25) is 37.0 Å². The molecule has 0 radical (unpaired) electrons. The first-order valence-electron chi connectivity index (χ1n) is 15.4. The maximum absolute atomic E-state index is 13.5. The molecule has 7 rings (SSSR count). The van der Waals surface area contributed by atoms with Gasteiger partial charge in [-0.15, -0.1) is 0 Å². The molecule has 10 atom stereocenters. The summed E-state index contributed by atoms with van der Waals surface area (Å²) in [7, 11) is -10.3. The van der Waals surface area contributed by atoms with E-state index < -0.39 is 89.6 Å². The Morgan fingerprint density at radius 2 is 1.60 bits per heavy atom. The molecule has 7 heterocycles. The molecule has 11 N–H and O–H groups in total. The number of anilines is 2. The number of phosphoric ester groups is 2. The number of fused-ring (bicyclic) bond motifs is 4. The quantitative estimate of drug-likeness (QED) is 0.0757. The third-order valence-electron chi connectivity index (χ3n) is 8.19. The van der Waals surface area contributed by atoms with Gasteiger partial charge in [0.05, 0.1) is 25.9 Å². The van der Waals surface area contributed by atoms with Crippen LogP contribution in [-0.2, 0) is 41.4 Å². The van der Waals surface area contributed by atoms with Crippen molar-refractivity contribution in [2.24, 2.45) is 5.73 Å². The van der Waals surface area contributed by atoms with Crippen LogP contribution in [0.5, 0.6) is 0 Å². The highest BCUT2D eigenvalue weighted by molar-refractivity contribution is 7.47. The lowest BCUT2D eigenvalue weighted by Gasteiger charge is -2.28. The Labute approximate surface area is 289 Å². The highest BCUT2D eigenvalue weighted by Crippen LogP contribution is 2.54. The zero-order chi connectivity index (χ0) is 36.9. The Bertz CT molecular complexity index is 2130. The van der Waals surface area contributed by atoms with Crippen molar-refractivity contribution < 1.29 is 61.1 Å². The van der Waals surface area contributed by atoms with E-state index in [-0.39, 0.29) is 47.2 Å². The number of aliphatic hydroxyl groups excluding tert-OH is 1. The van der Waals surface area contributed by atoms with Crippen LogP contribution in [0.25, 0.3) is 22.3 Å². The minimum atomic E-state index is -5.19. The van der Waals surface area contributed by atoms with Gasteiger partial charge in [-0.1, -0.05) is 0 Å². The molecule has 52 heavy (non-hydrogen) atoms. The summed E-state index contributed by atoms with van der Waals surface area (Å²) in [6.07, 6.45) is -10.1. The molecule has 282 valence electrons. The maximum Gasteiger partial charge on any atom is 0.472 e. The number of alkyl carbamates (subject to hydrolysis) is 1. The average molecular weight is 775 g/mol. The minimum Gasteiger partial charge on any atom is -0.438 e. The molecular formula is C24H32N12O14P2. The second-order valence-corrected chi connectivity index (χ2v) is 14.4. The third-order valence-corrected chi connectivity index (χ3v) is 10.2. The van der Waals surface area contributed by atoms with Gasteiger partial charge in [0.15, 0.2) is 41.2 Å². The van der Waals surface area contributed by atoms with Crippen LogP contribution in [0.3, 0.4) is 0 Å². The number of H-pyrrole nitrogens is 1. The fourth-order valence-corrected chi connectivity index (χ4v) is 7.80. The molecule has 4 aromatic heterocycles. The van der Waals surface area contributed by atoms with Crippen molar-refractivity contribution in [2.45, 2.75) is 55.5 Å². The minimum absolute atomic E-state index is 0.0227. The van der Waals surface area contributed by atoms with Crippen LogP contribution in [0.15, 0.2) is 23.8 Å². The molecular weight excluding hydrogens is 742 g/mol. The fraction of sp³-hybridized carbons (Fsp3) is 0.542. The number of carbonyl (C=O) groups is 1. The summed E-state index contributed by atoms with van der Waals surface area (Å²) in [5, 5.41) is 13.7. The Morgan fingerprint density at radius 3 is 2.31 bits per heavy atom. The standard InChI is InChI=1S/C24H32N12O14P2/c25-2-1-3-28-24(39)48-16-15-10(47-22(16)36-8-32-12-19(36)33-23(27)34-20(12)38)5-45-51(40,41)49-14-9(4-44-52(42,43)50-15)46-21(13(14)37)35-7-31-11-17(26)29-6-30-18(11)35/h6-10,13-16,21-22,37H,1-5,25H2,(H,28,39)(H,40,41)(H,42,43)(H2,26,29,30)(H3,27,33,34,38)/t9-,10-,13-,14-,15-,16-,21-,22-/m1/s1. The van der Waals surface area contributed by atoms with Crippen LogP contribution in [-0.4, -0.2) is 123 Å². The number of aromatic amines is 1. The van der Waals surface area contributed by atoms with Crippen molar-refractivity contribution in [3.05, 3.63) is 29.3 Å². The van der Waals surface area contributed by atoms with Crippen LogP contribution >= 0.6 is 15.6 Å². The number of phosphoric acid groups is 2. The van der Waals surface area contributed by atoms with E-state index in [9.17, 15) is 33.6 Å². The number of hydrogen-bond donors (Lipinski definition) is 8. The van der Waals surface area contributed by atoms with Gasteiger partial charge < -0.3 is 51.6 Å². The molecule has 0 aliphatic carbocycles. The highest BCUT2D eigenvalue weighted by atomic mass is 31.2. The molecule has 1 amide bonds. The summed E-state index contributed by atoms with van der Waals surface area (Å²) >= 11 is 0. The van der Waals surface area contributed by atoms with E-state index in [4.69, 9.17) is 49.5 Å². The smallest absolute Gasteiger partial charge is 0.438 e. The topological polar surface area (TPSA) is 374 Å². The lowest BCUT2D eigenvalue weighted by molar-refractivity contribution is -0.0664. The van der Waals surface area contributed by atoms with Gasteiger partial charge in [0.25, 0.3) is 5.56 Å². The number of imidazole rings is 2. The Kier molecular flexibility index (Phi) is 9.74. The number of amides is 1. The van der Waals surface area contributed by atoms with E-state index in [0.29, 0.717) is 6.42 Å². The molecule has 0 bridgehead atoms. The van der Waals surface area contributed by atoms with Crippen molar-refractivity contribution >= 4 is 55.8 Å². The van der Waals surface area contributed by atoms with Crippen LogP contribution < -0.4 is 28.1 Å². The summed E-state index contributed by atoms with van der Waals surface area (Å²) in [6.45, 7) is -1.43. The van der Waals surface area contributed by atoms with Crippen molar-refractivity contribution in [3.8, 4) is 0 Å². The number of nitrogens with one attached hydrogen (secondary N) is 2. The van der Waals surface area contributed by atoms with E-state index >= 15 is 0 Å². The van der Waals surface area contributed by atoms with Gasteiger partial charge in [0.1, 0.15) is 42.4 Å². The van der Waals surface area contributed by atoms with Crippen LogP contribution in [0, 0.1) is 0 Å². The van der Waals surface area contributed by atoms with E-state index in [0.717, 1.165) is 17.2 Å². The lowest BCUT2D eigenvalue weighted by Crippen LogP contribution is -2.42. The molecule has 26 nitrogen and oxygen atoms in total. The summed E-state index contributed by atoms with van der Waals surface area (Å²) in [6, 6.07) is 0. The van der Waals surface area contributed by atoms with Gasteiger partial charge in [-0.25, -0.2) is 33.9 Å². The molecule has 4 aromatic rings. The summed E-state index contributed by atoms with van der Waals surface area (Å²) < 4.78 is 68.1. The van der Waals surface area contributed by atoms with Gasteiger partial charge in [0.2, 0.25) is 5.95 Å². The molecule has 0 spiro atoms. The predicted octanol–water partition coefficient (Wildman–Crippen LogP) is -2.26. The van der Waals surface area contributed by atoms with Crippen molar-refractivity contribution in [2.75, 3.05) is 37.8 Å². The lowest BCUT2D eigenvalue weighted by atomic mass is 10.1. The van der Waals surface area contributed by atoms with Crippen molar-refractivity contribution in [3.63, 3.8) is 0 Å². The normalized spacial score (nSPS) is 34.0. The first kappa shape index (κ1) is 36.2. The van der Waals surface area contributed by atoms with Crippen molar-refractivity contribution in [1.82, 2.24) is 44.4 Å². The number of nitrogens with two attached hydrogens (primary N) is 3. The molecule has 3 aliphatic rings. The number of aromatic nitrogens is 8. The number of aliphatic hydroxyl groups is 1. The summed E-state index contributed by atoms with van der Waals surface area (Å²) in [5.41, 5.74) is 16.3. The second-order valence-electron chi connectivity index (χ2n) is 11.6. The molecule has 3 saturated heterocycles. The van der Waals surface area contributed by atoms with E-state index in [2.05, 4.69) is 35.2 Å². The summed E-state index contributed by atoms with van der Waals surface area (Å²) in [4.78, 5) is 69.6. The molecule has 3 aliphatic heterocycles. The highest BCUT2D eigenvalue weighted by Gasteiger charge is 2.55. The SMILES string of the molecule is NCCCNC(=O)O[C@@H]1[C@@H]2OP(=O)(O)OC[C@H]3O[C@@H](n4cnc5c(N)ncnc54)[C@H](O)[C@@H]3OP(=O)(O)OC[C@H]2O[C@H]1n1cnc2c(=O)[nH]c(N)nc21.